The topological polar surface area (TPSA) is 49.3 Å². The zero-order chi connectivity index (χ0) is 12.1. The van der Waals surface area contributed by atoms with Crippen LogP contribution in [-0.2, 0) is 11.3 Å². The lowest BCUT2D eigenvalue weighted by atomic mass is 9.97. The molecule has 2 rings (SSSR count). The van der Waals surface area contributed by atoms with E-state index in [1.807, 2.05) is 41.8 Å². The second kappa shape index (κ2) is 5.38. The molecule has 1 aliphatic rings. The number of aliphatic carboxylic acids is 1. The van der Waals surface area contributed by atoms with Crippen LogP contribution in [0.4, 0.5) is 0 Å². The molecule has 1 unspecified atom stereocenters. The highest BCUT2D eigenvalue weighted by atomic mass is 32.2. The molecular weight excluding hydrogens is 234 g/mol. The van der Waals surface area contributed by atoms with E-state index in [9.17, 15) is 4.79 Å². The third-order valence-electron chi connectivity index (χ3n) is 2.78. The van der Waals surface area contributed by atoms with E-state index >= 15 is 0 Å². The molecule has 0 aromatic heterocycles. The number of carboxylic acids is 1. The number of rotatable bonds is 5. The van der Waals surface area contributed by atoms with Gasteiger partial charge in [-0.2, -0.15) is 0 Å². The van der Waals surface area contributed by atoms with Gasteiger partial charge in [0.05, 0.1) is 12.0 Å². The van der Waals surface area contributed by atoms with Gasteiger partial charge in [-0.25, -0.2) is 0 Å². The van der Waals surface area contributed by atoms with Crippen LogP contribution < -0.4 is 5.32 Å². The average molecular weight is 249 g/mol. The molecule has 1 aromatic carbocycles. The monoisotopic (exact) mass is 249 g/mol. The van der Waals surface area contributed by atoms with Gasteiger partial charge in [-0.3, -0.25) is 4.79 Å². The Morgan fingerprint density at radius 1 is 1.41 bits per heavy atom. The van der Waals surface area contributed by atoms with Crippen molar-refractivity contribution in [2.24, 2.45) is 0 Å². The Morgan fingerprint density at radius 2 is 2.18 bits per heavy atom. The summed E-state index contributed by atoms with van der Waals surface area (Å²) in [5, 5.41) is 14.3. The van der Waals surface area contributed by atoms with Crippen molar-refractivity contribution in [2.75, 3.05) is 5.75 Å². The molecule has 0 bridgehead atoms. The van der Waals surface area contributed by atoms with Gasteiger partial charge in [0.15, 0.2) is 0 Å². The summed E-state index contributed by atoms with van der Waals surface area (Å²) >= 11 is 1.65. The molecule has 0 fully saturated rings. The van der Waals surface area contributed by atoms with Gasteiger partial charge < -0.3 is 10.4 Å². The van der Waals surface area contributed by atoms with Crippen molar-refractivity contribution >= 4 is 17.7 Å². The van der Waals surface area contributed by atoms with Crippen molar-refractivity contribution < 1.29 is 9.90 Å². The van der Waals surface area contributed by atoms with Crippen LogP contribution in [0, 0.1) is 0 Å². The van der Waals surface area contributed by atoms with Gasteiger partial charge in [0.25, 0.3) is 0 Å². The fraction of sp³-hybridized carbons (Fsp3) is 0.308. The predicted molar refractivity (Wildman–Crippen MR) is 69.9 cm³/mol. The maximum absolute atomic E-state index is 10.9. The lowest BCUT2D eigenvalue weighted by Gasteiger charge is -2.26. The summed E-state index contributed by atoms with van der Waals surface area (Å²) in [4.78, 5) is 10.9. The Morgan fingerprint density at radius 3 is 2.76 bits per heavy atom. The van der Waals surface area contributed by atoms with E-state index in [0.29, 0.717) is 6.54 Å². The minimum Gasteiger partial charge on any atom is -0.481 e. The second-order valence-corrected chi connectivity index (χ2v) is 5.07. The molecule has 3 nitrogen and oxygen atoms in total. The first-order valence-corrected chi connectivity index (χ1v) is 6.55. The maximum Gasteiger partial charge on any atom is 0.305 e. The van der Waals surface area contributed by atoms with Gasteiger partial charge in [0.1, 0.15) is 0 Å². The zero-order valence-electron chi connectivity index (χ0n) is 9.43. The van der Waals surface area contributed by atoms with Gasteiger partial charge in [-0.15, -0.1) is 11.8 Å². The number of carbonyl (C=O) groups is 1. The summed E-state index contributed by atoms with van der Waals surface area (Å²) in [6.07, 6.45) is 2.10. The van der Waals surface area contributed by atoms with Crippen LogP contribution in [0.15, 0.2) is 41.8 Å². The fourth-order valence-electron chi connectivity index (χ4n) is 1.85. The van der Waals surface area contributed by atoms with Crippen molar-refractivity contribution in [3.63, 3.8) is 0 Å². The Balaban J connectivity index is 1.99. The van der Waals surface area contributed by atoms with E-state index in [4.69, 9.17) is 5.11 Å². The standard InChI is InChI=1S/C13H15NO2S/c15-12(16)8-13(6-7-17-10-13)14-9-11-4-2-1-3-5-11/h1-7,14H,8-10H2,(H,15,16). The van der Waals surface area contributed by atoms with E-state index in [-0.39, 0.29) is 6.42 Å². The molecule has 90 valence electrons. The van der Waals surface area contributed by atoms with Crippen LogP contribution in [0.1, 0.15) is 12.0 Å². The molecule has 0 spiro atoms. The molecule has 0 radical (unpaired) electrons. The largest absolute Gasteiger partial charge is 0.481 e. The third kappa shape index (κ3) is 3.35. The molecule has 1 heterocycles. The van der Waals surface area contributed by atoms with Crippen molar-refractivity contribution in [2.45, 2.75) is 18.5 Å². The van der Waals surface area contributed by atoms with E-state index in [0.717, 1.165) is 5.75 Å². The number of benzene rings is 1. The number of carboxylic acid groups (broad SMARTS) is 1. The molecule has 2 N–H and O–H groups in total. The second-order valence-electron chi connectivity index (χ2n) is 4.18. The highest BCUT2D eigenvalue weighted by Gasteiger charge is 2.32. The average Bonchev–Trinajstić information content (AvgIpc) is 2.76. The van der Waals surface area contributed by atoms with Gasteiger partial charge in [-0.1, -0.05) is 36.4 Å². The maximum atomic E-state index is 10.9. The first-order valence-electron chi connectivity index (χ1n) is 5.50. The molecule has 4 heteroatoms. The van der Waals surface area contributed by atoms with E-state index in [2.05, 4.69) is 5.32 Å². The van der Waals surface area contributed by atoms with Crippen LogP contribution in [-0.4, -0.2) is 22.4 Å². The summed E-state index contributed by atoms with van der Waals surface area (Å²) in [7, 11) is 0. The normalized spacial score (nSPS) is 22.8. The van der Waals surface area contributed by atoms with Crippen LogP contribution in [0.3, 0.4) is 0 Å². The molecule has 1 atom stereocenters. The smallest absolute Gasteiger partial charge is 0.305 e. The minimum absolute atomic E-state index is 0.128. The van der Waals surface area contributed by atoms with Gasteiger partial charge in [0.2, 0.25) is 0 Å². The fourth-order valence-corrected chi connectivity index (χ4v) is 2.90. The SMILES string of the molecule is O=C(O)CC1(NCc2ccccc2)C=CSC1. The number of nitrogens with one attached hydrogen (secondary N) is 1. The summed E-state index contributed by atoms with van der Waals surface area (Å²) in [6.45, 7) is 0.693. The Bertz CT molecular complexity index is 419. The number of hydrogen-bond donors (Lipinski definition) is 2. The molecule has 0 aliphatic carbocycles. The molecule has 1 aliphatic heterocycles. The zero-order valence-corrected chi connectivity index (χ0v) is 10.2. The predicted octanol–water partition coefficient (Wildman–Crippen LogP) is 2.25. The number of hydrogen-bond acceptors (Lipinski definition) is 3. The van der Waals surface area contributed by atoms with Crippen molar-refractivity contribution in [3.8, 4) is 0 Å². The van der Waals surface area contributed by atoms with Crippen molar-refractivity contribution in [3.05, 3.63) is 47.4 Å². The molecular formula is C13H15NO2S. The molecule has 0 saturated carbocycles. The van der Waals surface area contributed by atoms with Crippen LogP contribution in [0.25, 0.3) is 0 Å². The van der Waals surface area contributed by atoms with E-state index < -0.39 is 11.5 Å². The van der Waals surface area contributed by atoms with Gasteiger partial charge >= 0.3 is 5.97 Å². The molecule has 0 amide bonds. The van der Waals surface area contributed by atoms with Crippen molar-refractivity contribution in [1.29, 1.82) is 0 Å². The summed E-state index contributed by atoms with van der Waals surface area (Å²) in [5.41, 5.74) is 0.773. The summed E-state index contributed by atoms with van der Waals surface area (Å²) in [6, 6.07) is 10.0. The van der Waals surface area contributed by atoms with Crippen LogP contribution in [0.5, 0.6) is 0 Å². The Kier molecular flexibility index (Phi) is 3.86. The van der Waals surface area contributed by atoms with Crippen LogP contribution in [0.2, 0.25) is 0 Å². The molecule has 0 saturated heterocycles. The first-order chi connectivity index (χ1) is 8.20. The lowest BCUT2D eigenvalue weighted by Crippen LogP contribution is -2.45. The van der Waals surface area contributed by atoms with Gasteiger partial charge in [-0.05, 0) is 11.0 Å². The highest BCUT2D eigenvalue weighted by Crippen LogP contribution is 2.28. The van der Waals surface area contributed by atoms with Gasteiger partial charge in [0, 0.05) is 12.3 Å². The molecule has 1 aromatic rings. The van der Waals surface area contributed by atoms with Crippen LogP contribution >= 0.6 is 11.8 Å². The number of thioether (sulfide) groups is 1. The van der Waals surface area contributed by atoms with Crippen molar-refractivity contribution in [1.82, 2.24) is 5.32 Å². The van der Waals surface area contributed by atoms with E-state index in [1.54, 1.807) is 11.8 Å². The Hall–Kier alpha value is -1.26. The van der Waals surface area contributed by atoms with E-state index in [1.165, 1.54) is 5.56 Å². The minimum atomic E-state index is -0.766. The quantitative estimate of drug-likeness (QED) is 0.840. The lowest BCUT2D eigenvalue weighted by molar-refractivity contribution is -0.138. The summed E-state index contributed by atoms with van der Waals surface area (Å²) < 4.78 is 0. The summed E-state index contributed by atoms with van der Waals surface area (Å²) in [5.74, 6) is 0.0179. The Labute approximate surface area is 105 Å². The molecule has 17 heavy (non-hydrogen) atoms. The highest BCUT2D eigenvalue weighted by molar-refractivity contribution is 8.02. The third-order valence-corrected chi connectivity index (χ3v) is 3.79. The first kappa shape index (κ1) is 12.2.